The number of sulfonamides is 1. The van der Waals surface area contributed by atoms with Gasteiger partial charge >= 0.3 is 0 Å². The van der Waals surface area contributed by atoms with Gasteiger partial charge in [-0.25, -0.2) is 8.42 Å². The highest BCUT2D eigenvalue weighted by Gasteiger charge is 2.24. The molecule has 2 N–H and O–H groups in total. The summed E-state index contributed by atoms with van der Waals surface area (Å²) in [7, 11) is -1.92. The third kappa shape index (κ3) is 5.93. The topological polar surface area (TPSA) is 98.8 Å². The molecular weight excluding hydrogens is 368 g/mol. The Balaban J connectivity index is 1.86. The summed E-state index contributed by atoms with van der Waals surface area (Å²) in [5.74, 6) is -0.375. The molecule has 1 fully saturated rings. The van der Waals surface area contributed by atoms with E-state index in [4.69, 9.17) is 0 Å². The monoisotopic (exact) mass is 396 g/mol. The van der Waals surface area contributed by atoms with E-state index in [0.29, 0.717) is 18.8 Å². The van der Waals surface area contributed by atoms with Crippen molar-refractivity contribution in [1.82, 2.24) is 14.5 Å². The van der Waals surface area contributed by atoms with Crippen LogP contribution in [-0.2, 0) is 19.6 Å². The number of anilines is 1. The molecule has 1 aromatic rings. The van der Waals surface area contributed by atoms with E-state index < -0.39 is 10.0 Å². The van der Waals surface area contributed by atoms with Crippen molar-refractivity contribution in [2.24, 2.45) is 0 Å². The van der Waals surface area contributed by atoms with Crippen molar-refractivity contribution in [2.75, 3.05) is 38.5 Å². The lowest BCUT2D eigenvalue weighted by molar-refractivity contribution is -0.133. The first kappa shape index (κ1) is 21.2. The van der Waals surface area contributed by atoms with E-state index in [9.17, 15) is 18.0 Å². The summed E-state index contributed by atoms with van der Waals surface area (Å²) in [6.07, 6.45) is 2.01. The summed E-state index contributed by atoms with van der Waals surface area (Å²) in [5, 5.41) is 5.79. The van der Waals surface area contributed by atoms with Crippen LogP contribution in [0.3, 0.4) is 0 Å². The summed E-state index contributed by atoms with van der Waals surface area (Å²) < 4.78 is 26.3. The zero-order valence-corrected chi connectivity index (χ0v) is 16.9. The minimum Gasteiger partial charge on any atom is -0.376 e. The molecule has 9 heteroatoms. The molecule has 0 bridgehead atoms. The number of carbonyl (C=O) groups is 2. The first-order valence-corrected chi connectivity index (χ1v) is 10.6. The van der Waals surface area contributed by atoms with Crippen molar-refractivity contribution in [2.45, 2.75) is 37.6 Å². The van der Waals surface area contributed by atoms with Gasteiger partial charge in [0.2, 0.25) is 21.8 Å². The minimum absolute atomic E-state index is 0.0232. The van der Waals surface area contributed by atoms with E-state index in [-0.39, 0.29) is 35.8 Å². The average Bonchev–Trinajstić information content (AvgIpc) is 3.44. The van der Waals surface area contributed by atoms with Crippen LogP contribution in [0.1, 0.15) is 26.7 Å². The van der Waals surface area contributed by atoms with Crippen LogP contribution in [0.5, 0.6) is 0 Å². The lowest BCUT2D eigenvalue weighted by Gasteiger charge is -2.19. The van der Waals surface area contributed by atoms with Crippen molar-refractivity contribution in [3.05, 3.63) is 24.3 Å². The maximum atomic E-state index is 12.5. The van der Waals surface area contributed by atoms with Crippen LogP contribution in [0, 0.1) is 0 Å². The van der Waals surface area contributed by atoms with Crippen molar-refractivity contribution in [3.63, 3.8) is 0 Å². The van der Waals surface area contributed by atoms with Crippen LogP contribution in [-0.4, -0.2) is 68.7 Å². The van der Waals surface area contributed by atoms with E-state index in [2.05, 4.69) is 10.6 Å². The van der Waals surface area contributed by atoms with E-state index >= 15 is 0 Å². The van der Waals surface area contributed by atoms with Crippen LogP contribution in [0.2, 0.25) is 0 Å². The fraction of sp³-hybridized carbons (Fsp3) is 0.556. The minimum atomic E-state index is -3.50. The van der Waals surface area contributed by atoms with Gasteiger partial charge in [-0.05, 0) is 37.1 Å². The predicted octanol–water partition coefficient (Wildman–Crippen LogP) is 0.866. The van der Waals surface area contributed by atoms with Crippen LogP contribution >= 0.6 is 0 Å². The highest BCUT2D eigenvalue weighted by Crippen LogP contribution is 2.19. The number of nitrogens with one attached hydrogen (secondary N) is 2. The molecule has 1 aliphatic rings. The molecule has 8 nitrogen and oxygen atoms in total. The summed E-state index contributed by atoms with van der Waals surface area (Å²) in [6.45, 7) is 4.46. The van der Waals surface area contributed by atoms with Crippen LogP contribution < -0.4 is 10.6 Å². The molecule has 1 saturated carbocycles. The van der Waals surface area contributed by atoms with Gasteiger partial charge in [-0.2, -0.15) is 4.31 Å². The standard InChI is InChI=1S/C18H28N4O4S/c1-4-22(5-2)27(25,26)16-10-8-14(9-11-16)19-12-18(24)21(3)13-17(23)20-15-6-7-15/h8-11,15,19H,4-7,12-13H2,1-3H3,(H,20,23). The number of rotatable bonds is 10. The van der Waals surface area contributed by atoms with Gasteiger partial charge < -0.3 is 15.5 Å². The van der Waals surface area contributed by atoms with Crippen LogP contribution in [0.4, 0.5) is 5.69 Å². The van der Waals surface area contributed by atoms with E-state index in [0.717, 1.165) is 12.8 Å². The largest absolute Gasteiger partial charge is 0.376 e. The van der Waals surface area contributed by atoms with Gasteiger partial charge in [0, 0.05) is 31.9 Å². The first-order valence-electron chi connectivity index (χ1n) is 9.15. The Morgan fingerprint density at radius 3 is 2.22 bits per heavy atom. The molecule has 1 aliphatic carbocycles. The number of carbonyl (C=O) groups excluding carboxylic acids is 2. The smallest absolute Gasteiger partial charge is 0.243 e. The number of benzene rings is 1. The van der Waals surface area contributed by atoms with E-state index in [1.807, 2.05) is 0 Å². The molecule has 27 heavy (non-hydrogen) atoms. The third-order valence-electron chi connectivity index (χ3n) is 4.39. The molecule has 0 unspecified atom stereocenters. The van der Waals surface area contributed by atoms with Crippen LogP contribution in [0.25, 0.3) is 0 Å². The summed E-state index contributed by atoms with van der Waals surface area (Å²) in [5.41, 5.74) is 0.637. The molecule has 0 spiro atoms. The lowest BCUT2D eigenvalue weighted by Crippen LogP contribution is -2.41. The molecule has 0 aromatic heterocycles. The molecule has 0 heterocycles. The fourth-order valence-corrected chi connectivity index (χ4v) is 4.03. The molecule has 2 amide bonds. The zero-order chi connectivity index (χ0) is 20.0. The molecule has 0 radical (unpaired) electrons. The Morgan fingerprint density at radius 2 is 1.70 bits per heavy atom. The summed E-state index contributed by atoms with van der Waals surface area (Å²) >= 11 is 0. The van der Waals surface area contributed by atoms with Gasteiger partial charge in [-0.3, -0.25) is 9.59 Å². The number of nitrogens with zero attached hydrogens (tertiary/aromatic N) is 2. The highest BCUT2D eigenvalue weighted by molar-refractivity contribution is 7.89. The SMILES string of the molecule is CCN(CC)S(=O)(=O)c1ccc(NCC(=O)N(C)CC(=O)NC2CC2)cc1. The molecule has 2 rings (SSSR count). The number of hydrogen-bond donors (Lipinski definition) is 2. The van der Waals surface area contributed by atoms with Crippen molar-refractivity contribution >= 4 is 27.5 Å². The highest BCUT2D eigenvalue weighted by atomic mass is 32.2. The Hall–Kier alpha value is -2.13. The molecule has 0 saturated heterocycles. The molecule has 0 atom stereocenters. The maximum absolute atomic E-state index is 12.5. The summed E-state index contributed by atoms with van der Waals surface area (Å²) in [4.78, 5) is 25.4. The van der Waals surface area contributed by atoms with Gasteiger partial charge in [-0.15, -0.1) is 0 Å². The lowest BCUT2D eigenvalue weighted by atomic mass is 10.3. The normalized spacial score (nSPS) is 14.1. The van der Waals surface area contributed by atoms with E-state index in [1.165, 1.54) is 21.3 Å². The van der Waals surface area contributed by atoms with Crippen molar-refractivity contribution in [1.29, 1.82) is 0 Å². The van der Waals surface area contributed by atoms with Crippen molar-refractivity contribution in [3.8, 4) is 0 Å². The Morgan fingerprint density at radius 1 is 1.11 bits per heavy atom. The molecule has 150 valence electrons. The van der Waals surface area contributed by atoms with Gasteiger partial charge in [0.05, 0.1) is 18.0 Å². The number of amides is 2. The average molecular weight is 397 g/mol. The summed E-state index contributed by atoms with van der Waals surface area (Å²) in [6, 6.07) is 6.57. The maximum Gasteiger partial charge on any atom is 0.243 e. The Labute approximate surface area is 161 Å². The van der Waals surface area contributed by atoms with Gasteiger partial charge in [0.1, 0.15) is 0 Å². The van der Waals surface area contributed by atoms with Crippen molar-refractivity contribution < 1.29 is 18.0 Å². The predicted molar refractivity (Wildman–Crippen MR) is 104 cm³/mol. The number of hydrogen-bond acceptors (Lipinski definition) is 5. The third-order valence-corrected chi connectivity index (χ3v) is 6.45. The number of likely N-dealkylation sites (N-methyl/N-ethyl adjacent to an activating group) is 1. The zero-order valence-electron chi connectivity index (χ0n) is 16.1. The first-order chi connectivity index (χ1) is 12.8. The van der Waals surface area contributed by atoms with Gasteiger partial charge in [0.25, 0.3) is 0 Å². The van der Waals surface area contributed by atoms with Gasteiger partial charge in [0.15, 0.2) is 0 Å². The second-order valence-electron chi connectivity index (χ2n) is 6.56. The second kappa shape index (κ2) is 9.18. The fourth-order valence-electron chi connectivity index (χ4n) is 2.57. The van der Waals surface area contributed by atoms with E-state index in [1.54, 1.807) is 33.0 Å². The van der Waals surface area contributed by atoms with Crippen LogP contribution in [0.15, 0.2) is 29.2 Å². The quantitative estimate of drug-likeness (QED) is 0.611. The molecule has 1 aromatic carbocycles. The molecular formula is C18H28N4O4S. The second-order valence-corrected chi connectivity index (χ2v) is 8.50. The molecule has 0 aliphatic heterocycles. The Bertz CT molecular complexity index is 756. The Kier molecular flexibility index (Phi) is 7.20. The van der Waals surface area contributed by atoms with Gasteiger partial charge in [-0.1, -0.05) is 13.8 Å².